The smallest absolute Gasteiger partial charge is 0.458 e. The number of nitrogens with zero attached hydrogens (tertiary/aromatic N) is 1. The minimum Gasteiger partial charge on any atom is -0.458 e. The van der Waals surface area contributed by atoms with Crippen molar-refractivity contribution in [3.05, 3.63) is 53.5 Å². The lowest BCUT2D eigenvalue weighted by Gasteiger charge is -2.21. The van der Waals surface area contributed by atoms with Crippen molar-refractivity contribution >= 4 is 17.5 Å². The van der Waals surface area contributed by atoms with E-state index in [0.29, 0.717) is 12.1 Å². The Kier molecular flexibility index (Phi) is 5.81. The van der Waals surface area contributed by atoms with E-state index in [1.54, 1.807) is 13.8 Å². The zero-order chi connectivity index (χ0) is 21.3. The quantitative estimate of drug-likeness (QED) is 0.754. The summed E-state index contributed by atoms with van der Waals surface area (Å²) in [6.07, 6.45) is -4.59. The van der Waals surface area contributed by atoms with Crippen molar-refractivity contribution in [2.24, 2.45) is 0 Å². The number of carbonyl (C=O) groups is 2. The average Bonchev–Trinajstić information content (AvgIpc) is 3.09. The van der Waals surface area contributed by atoms with E-state index in [2.05, 4.69) is 5.32 Å². The van der Waals surface area contributed by atoms with Crippen molar-refractivity contribution < 1.29 is 36.0 Å². The molecule has 2 amide bonds. The Labute approximate surface area is 157 Å². The van der Waals surface area contributed by atoms with Gasteiger partial charge in [0.25, 0.3) is 11.8 Å². The molecule has 0 fully saturated rings. The number of anilines is 1. The van der Waals surface area contributed by atoms with Crippen LogP contribution < -0.4 is 10.2 Å². The molecule has 0 unspecified atom stereocenters. The fourth-order valence-electron chi connectivity index (χ4n) is 2.34. The van der Waals surface area contributed by atoms with Gasteiger partial charge >= 0.3 is 12.1 Å². The van der Waals surface area contributed by atoms with E-state index in [0.717, 1.165) is 23.3 Å². The SMILES string of the molecule is CC(C)NC(=O)c1occc1C(=O)N(C)c1ccc(C(F)(F)C(F)(F)F)cc1. The largest absolute Gasteiger partial charge is 0.458 e. The molecular formula is C18H17F5N2O3. The highest BCUT2D eigenvalue weighted by molar-refractivity contribution is 6.11. The summed E-state index contributed by atoms with van der Waals surface area (Å²) in [5.41, 5.74) is -1.27. The molecule has 1 N–H and O–H groups in total. The molecule has 2 aromatic rings. The van der Waals surface area contributed by atoms with Gasteiger partial charge in [-0.3, -0.25) is 9.59 Å². The van der Waals surface area contributed by atoms with Gasteiger partial charge in [0, 0.05) is 24.3 Å². The lowest BCUT2D eigenvalue weighted by atomic mass is 10.1. The van der Waals surface area contributed by atoms with Gasteiger partial charge in [0.2, 0.25) is 5.76 Å². The lowest BCUT2D eigenvalue weighted by molar-refractivity contribution is -0.289. The van der Waals surface area contributed by atoms with Crippen molar-refractivity contribution in [3.63, 3.8) is 0 Å². The van der Waals surface area contributed by atoms with Crippen LogP contribution >= 0.6 is 0 Å². The Morgan fingerprint density at radius 1 is 1.04 bits per heavy atom. The number of amides is 2. The van der Waals surface area contributed by atoms with Gasteiger partial charge in [-0.1, -0.05) is 12.1 Å². The molecule has 1 aromatic carbocycles. The summed E-state index contributed by atoms with van der Waals surface area (Å²) in [5, 5.41) is 2.56. The molecule has 28 heavy (non-hydrogen) atoms. The van der Waals surface area contributed by atoms with Gasteiger partial charge in [-0.15, -0.1) is 0 Å². The van der Waals surface area contributed by atoms with E-state index in [-0.39, 0.29) is 23.1 Å². The molecular weight excluding hydrogens is 387 g/mol. The van der Waals surface area contributed by atoms with Gasteiger partial charge < -0.3 is 14.6 Å². The highest BCUT2D eigenvalue weighted by atomic mass is 19.4. The summed E-state index contributed by atoms with van der Waals surface area (Å²) >= 11 is 0. The zero-order valence-electron chi connectivity index (χ0n) is 15.1. The zero-order valence-corrected chi connectivity index (χ0v) is 15.1. The minimum atomic E-state index is -5.73. The van der Waals surface area contributed by atoms with Crippen molar-refractivity contribution in [1.82, 2.24) is 5.32 Å². The molecule has 0 radical (unpaired) electrons. The maximum absolute atomic E-state index is 13.4. The Morgan fingerprint density at radius 3 is 2.11 bits per heavy atom. The van der Waals surface area contributed by atoms with Crippen LogP contribution in [0.2, 0.25) is 0 Å². The van der Waals surface area contributed by atoms with Gasteiger partial charge in [0.15, 0.2) is 0 Å². The van der Waals surface area contributed by atoms with Crippen LogP contribution in [0.5, 0.6) is 0 Å². The molecule has 0 saturated carbocycles. The number of furan rings is 1. The molecule has 1 heterocycles. The third-order valence-electron chi connectivity index (χ3n) is 3.80. The number of nitrogens with one attached hydrogen (secondary N) is 1. The van der Waals surface area contributed by atoms with Crippen LogP contribution in [0.25, 0.3) is 0 Å². The summed E-state index contributed by atoms with van der Waals surface area (Å²) in [6, 6.07) is 4.16. The van der Waals surface area contributed by atoms with Gasteiger partial charge in [-0.2, -0.15) is 22.0 Å². The summed E-state index contributed by atoms with van der Waals surface area (Å²) in [4.78, 5) is 25.7. The monoisotopic (exact) mass is 404 g/mol. The number of carbonyl (C=O) groups excluding carboxylic acids is 2. The van der Waals surface area contributed by atoms with E-state index in [1.165, 1.54) is 13.1 Å². The van der Waals surface area contributed by atoms with E-state index in [1.807, 2.05) is 0 Å². The molecule has 0 aliphatic heterocycles. The summed E-state index contributed by atoms with van der Waals surface area (Å²) in [6.45, 7) is 3.43. The van der Waals surface area contributed by atoms with Crippen LogP contribution in [0.4, 0.5) is 27.6 Å². The van der Waals surface area contributed by atoms with Crippen molar-refractivity contribution in [1.29, 1.82) is 0 Å². The van der Waals surface area contributed by atoms with Gasteiger partial charge in [0.1, 0.15) is 0 Å². The normalized spacial score (nSPS) is 12.2. The Morgan fingerprint density at radius 2 is 1.61 bits per heavy atom. The number of rotatable bonds is 5. The predicted molar refractivity (Wildman–Crippen MR) is 90.4 cm³/mol. The summed E-state index contributed by atoms with van der Waals surface area (Å²) in [7, 11) is 1.29. The van der Waals surface area contributed by atoms with Crippen molar-refractivity contribution in [2.45, 2.75) is 32.0 Å². The van der Waals surface area contributed by atoms with E-state index in [9.17, 15) is 31.5 Å². The van der Waals surface area contributed by atoms with E-state index >= 15 is 0 Å². The Balaban J connectivity index is 2.26. The first-order chi connectivity index (χ1) is 12.9. The molecule has 0 aliphatic rings. The molecule has 152 valence electrons. The fraction of sp³-hybridized carbons (Fsp3) is 0.333. The highest BCUT2D eigenvalue weighted by Crippen LogP contribution is 2.44. The van der Waals surface area contributed by atoms with Crippen LogP contribution in [-0.4, -0.2) is 31.1 Å². The van der Waals surface area contributed by atoms with Crippen LogP contribution in [-0.2, 0) is 5.92 Å². The number of halogens is 5. The number of alkyl halides is 5. The molecule has 10 heteroatoms. The Bertz CT molecular complexity index is 857. The highest BCUT2D eigenvalue weighted by Gasteiger charge is 2.58. The lowest BCUT2D eigenvalue weighted by Crippen LogP contribution is -2.34. The molecule has 0 atom stereocenters. The van der Waals surface area contributed by atoms with Crippen LogP contribution in [0.3, 0.4) is 0 Å². The van der Waals surface area contributed by atoms with Crippen LogP contribution in [0.15, 0.2) is 41.0 Å². The predicted octanol–water partition coefficient (Wildman–Crippen LogP) is 4.35. The van der Waals surface area contributed by atoms with E-state index < -0.39 is 29.5 Å². The van der Waals surface area contributed by atoms with Crippen LogP contribution in [0.1, 0.15) is 40.3 Å². The topological polar surface area (TPSA) is 62.6 Å². The van der Waals surface area contributed by atoms with Gasteiger partial charge in [-0.25, -0.2) is 0 Å². The maximum Gasteiger partial charge on any atom is 0.458 e. The first-order valence-electron chi connectivity index (χ1n) is 8.07. The molecule has 0 saturated heterocycles. The molecule has 0 spiro atoms. The van der Waals surface area contributed by atoms with Gasteiger partial charge in [0.05, 0.1) is 11.8 Å². The standard InChI is InChI=1S/C18H17F5N2O3/c1-10(2)24-15(26)14-13(8-9-28-14)16(27)25(3)12-6-4-11(5-7-12)17(19,20)18(21,22)23/h4-10H,1-3H3,(H,24,26). The number of hydrogen-bond acceptors (Lipinski definition) is 3. The fourth-order valence-corrected chi connectivity index (χ4v) is 2.34. The molecule has 5 nitrogen and oxygen atoms in total. The second-order valence-electron chi connectivity index (χ2n) is 6.27. The molecule has 1 aromatic heterocycles. The minimum absolute atomic E-state index is 0.0585. The van der Waals surface area contributed by atoms with Gasteiger partial charge in [-0.05, 0) is 32.0 Å². The summed E-state index contributed by atoms with van der Waals surface area (Å²) < 4.78 is 69.1. The number of hydrogen-bond donors (Lipinski definition) is 1. The van der Waals surface area contributed by atoms with Crippen molar-refractivity contribution in [3.8, 4) is 0 Å². The third-order valence-corrected chi connectivity index (χ3v) is 3.80. The number of benzene rings is 1. The first-order valence-corrected chi connectivity index (χ1v) is 8.07. The molecule has 2 rings (SSSR count). The maximum atomic E-state index is 13.4. The van der Waals surface area contributed by atoms with Crippen molar-refractivity contribution in [2.75, 3.05) is 11.9 Å². The first kappa shape index (κ1) is 21.4. The second kappa shape index (κ2) is 7.61. The second-order valence-corrected chi connectivity index (χ2v) is 6.27. The summed E-state index contributed by atoms with van der Waals surface area (Å²) in [5.74, 6) is -6.55. The molecule has 0 bridgehead atoms. The third kappa shape index (κ3) is 4.15. The van der Waals surface area contributed by atoms with Crippen LogP contribution in [0, 0.1) is 0 Å². The average molecular weight is 404 g/mol. The van der Waals surface area contributed by atoms with E-state index in [4.69, 9.17) is 4.42 Å². The molecule has 0 aliphatic carbocycles. The Hall–Kier alpha value is -2.91.